The SMILES string of the molecule is O=C1c2c(O)ccc(O)c2C(=O)c2c(NCC[N+](O)(CCF)CCF)ccc(NCC[N+](O)(CCF)CCF)c21. The molecule has 220 valence electrons. The van der Waals surface area contributed by atoms with Crippen LogP contribution in [0.1, 0.15) is 31.8 Å². The van der Waals surface area contributed by atoms with Gasteiger partial charge in [0.1, 0.15) is 77.5 Å². The van der Waals surface area contributed by atoms with Gasteiger partial charge in [-0.2, -0.15) is 9.29 Å². The number of carbonyl (C=O) groups excluding carboxylic acids is 2. The molecule has 40 heavy (non-hydrogen) atoms. The Bertz CT molecular complexity index is 1130. The van der Waals surface area contributed by atoms with Gasteiger partial charge in [0.15, 0.2) is 0 Å². The summed E-state index contributed by atoms with van der Waals surface area (Å²) >= 11 is 0. The third-order valence-corrected chi connectivity index (χ3v) is 6.96. The Balaban J connectivity index is 1.98. The molecule has 1 aliphatic rings. The van der Waals surface area contributed by atoms with E-state index in [9.17, 15) is 47.8 Å². The van der Waals surface area contributed by atoms with E-state index in [1.165, 1.54) is 12.1 Å². The molecule has 0 unspecified atom stereocenters. The van der Waals surface area contributed by atoms with Crippen molar-refractivity contribution in [2.45, 2.75) is 0 Å². The molecular formula is C26H34F4N4O6+2. The fourth-order valence-corrected chi connectivity index (χ4v) is 4.76. The van der Waals surface area contributed by atoms with E-state index in [1.54, 1.807) is 0 Å². The largest absolute Gasteiger partial charge is 0.507 e. The van der Waals surface area contributed by atoms with Crippen molar-refractivity contribution in [2.24, 2.45) is 0 Å². The topological polar surface area (TPSA) is 139 Å². The number of rotatable bonds is 16. The molecule has 0 heterocycles. The number of alkyl halides is 4. The molecule has 0 spiro atoms. The zero-order chi connectivity index (χ0) is 29.5. The molecule has 6 N–H and O–H groups in total. The molecule has 3 rings (SSSR count). The Morgan fingerprint density at radius 1 is 0.550 bits per heavy atom. The number of ketones is 2. The zero-order valence-electron chi connectivity index (χ0n) is 21.8. The van der Waals surface area contributed by atoms with Crippen molar-refractivity contribution >= 4 is 22.9 Å². The molecule has 0 bridgehead atoms. The molecule has 0 amide bonds. The highest BCUT2D eigenvalue weighted by atomic mass is 19.1. The zero-order valence-corrected chi connectivity index (χ0v) is 21.8. The number of hydroxylamine groups is 6. The lowest BCUT2D eigenvalue weighted by molar-refractivity contribution is -1.10. The van der Waals surface area contributed by atoms with Crippen LogP contribution < -0.4 is 10.6 Å². The molecule has 0 radical (unpaired) electrons. The van der Waals surface area contributed by atoms with Gasteiger partial charge < -0.3 is 20.8 Å². The fourth-order valence-electron chi connectivity index (χ4n) is 4.76. The van der Waals surface area contributed by atoms with Gasteiger partial charge in [-0.15, -0.1) is 0 Å². The van der Waals surface area contributed by atoms with Crippen LogP contribution in [0.2, 0.25) is 0 Å². The maximum atomic E-state index is 13.6. The summed E-state index contributed by atoms with van der Waals surface area (Å²) in [6.07, 6.45) is 0. The summed E-state index contributed by atoms with van der Waals surface area (Å²) in [4.78, 5) is 27.2. The lowest BCUT2D eigenvalue weighted by atomic mass is 9.81. The van der Waals surface area contributed by atoms with E-state index in [1.807, 2.05) is 0 Å². The van der Waals surface area contributed by atoms with Gasteiger partial charge in [0.25, 0.3) is 0 Å². The van der Waals surface area contributed by atoms with Crippen molar-refractivity contribution in [1.29, 1.82) is 0 Å². The van der Waals surface area contributed by atoms with E-state index in [4.69, 9.17) is 0 Å². The van der Waals surface area contributed by atoms with E-state index < -0.39 is 70.2 Å². The number of nitrogens with one attached hydrogen (secondary N) is 2. The van der Waals surface area contributed by atoms with Crippen LogP contribution in [0, 0.1) is 0 Å². The first kappa shape index (κ1) is 31.1. The molecule has 0 aromatic heterocycles. The molecule has 14 heteroatoms. The van der Waals surface area contributed by atoms with E-state index in [2.05, 4.69) is 10.6 Å². The van der Waals surface area contributed by atoms with E-state index in [0.717, 1.165) is 12.1 Å². The number of carbonyl (C=O) groups is 2. The Morgan fingerprint density at radius 3 is 1.18 bits per heavy atom. The number of quaternary nitrogens is 2. The van der Waals surface area contributed by atoms with E-state index >= 15 is 0 Å². The number of hydrogen-bond acceptors (Lipinski definition) is 8. The molecule has 0 atom stereocenters. The van der Waals surface area contributed by atoms with Crippen LogP contribution in [0.5, 0.6) is 11.5 Å². The maximum absolute atomic E-state index is 13.6. The lowest BCUT2D eigenvalue weighted by Crippen LogP contribution is -2.50. The van der Waals surface area contributed by atoms with Crippen LogP contribution in [0.25, 0.3) is 0 Å². The summed E-state index contributed by atoms with van der Waals surface area (Å²) in [5.74, 6) is -2.64. The minimum atomic E-state index is -0.898. The first-order valence-corrected chi connectivity index (χ1v) is 12.8. The third-order valence-electron chi connectivity index (χ3n) is 6.96. The van der Waals surface area contributed by atoms with Crippen molar-refractivity contribution in [3.63, 3.8) is 0 Å². The van der Waals surface area contributed by atoms with Crippen LogP contribution in [-0.4, -0.2) is 121 Å². The fraction of sp³-hybridized carbons (Fsp3) is 0.462. The predicted octanol–water partition coefficient (Wildman–Crippen LogP) is 2.99. The highest BCUT2D eigenvalue weighted by molar-refractivity contribution is 6.33. The number of anilines is 2. The summed E-state index contributed by atoms with van der Waals surface area (Å²) in [7, 11) is 0. The molecule has 10 nitrogen and oxygen atoms in total. The summed E-state index contributed by atoms with van der Waals surface area (Å²) in [5.41, 5.74) is -0.878. The summed E-state index contributed by atoms with van der Waals surface area (Å²) in [6, 6.07) is 5.02. The minimum Gasteiger partial charge on any atom is -0.507 e. The first-order valence-electron chi connectivity index (χ1n) is 12.8. The third kappa shape index (κ3) is 6.63. The number of halogens is 4. The Labute approximate surface area is 228 Å². The van der Waals surface area contributed by atoms with Gasteiger partial charge in [0.2, 0.25) is 11.6 Å². The monoisotopic (exact) mass is 574 g/mol. The highest BCUT2D eigenvalue weighted by Crippen LogP contribution is 2.42. The predicted molar refractivity (Wildman–Crippen MR) is 137 cm³/mol. The molecule has 0 aliphatic heterocycles. The average molecular weight is 575 g/mol. The molecule has 0 fully saturated rings. The summed E-state index contributed by atoms with van der Waals surface area (Å²) < 4.78 is 49.8. The normalized spacial score (nSPS) is 13.2. The van der Waals surface area contributed by atoms with Gasteiger partial charge in [-0.3, -0.25) is 9.59 Å². The molecular weight excluding hydrogens is 540 g/mol. The second-order valence-electron chi connectivity index (χ2n) is 9.56. The summed E-state index contributed by atoms with van der Waals surface area (Å²) in [5, 5.41) is 47.5. The average Bonchev–Trinajstić information content (AvgIpc) is 2.89. The van der Waals surface area contributed by atoms with Crippen molar-refractivity contribution in [1.82, 2.24) is 0 Å². The van der Waals surface area contributed by atoms with Crippen LogP contribution in [0.15, 0.2) is 24.3 Å². The molecule has 0 saturated carbocycles. The van der Waals surface area contributed by atoms with Gasteiger partial charge in [-0.05, 0) is 24.3 Å². The smallest absolute Gasteiger partial charge is 0.200 e. The number of aromatic hydroxyl groups is 2. The van der Waals surface area contributed by atoms with Crippen LogP contribution in [0.4, 0.5) is 28.9 Å². The molecule has 1 aliphatic carbocycles. The van der Waals surface area contributed by atoms with Crippen LogP contribution in [-0.2, 0) is 0 Å². The van der Waals surface area contributed by atoms with Gasteiger partial charge in [-0.25, -0.2) is 28.0 Å². The number of benzene rings is 2. The number of hydrogen-bond donors (Lipinski definition) is 6. The number of phenols is 2. The van der Waals surface area contributed by atoms with E-state index in [-0.39, 0.29) is 74.9 Å². The van der Waals surface area contributed by atoms with Gasteiger partial charge in [-0.1, -0.05) is 0 Å². The van der Waals surface area contributed by atoms with Crippen LogP contribution in [0.3, 0.4) is 0 Å². The van der Waals surface area contributed by atoms with E-state index in [0.29, 0.717) is 0 Å². The number of phenolic OH excluding ortho intramolecular Hbond substituents is 2. The standard InChI is InChI=1S/C26H32F4N4O6/c27-5-11-33(39,12-6-28)15-9-31-17-1-2-18(32-10-16-34(40,13-7-29)14-8-30)22-21(17)25(37)23-19(35)3-4-20(36)24(23)26(22)38/h1-4,39-40H,5-16H2,(H2-2,31,32,35,36,37,38)/p+2. The highest BCUT2D eigenvalue weighted by Gasteiger charge is 2.38. The maximum Gasteiger partial charge on any atom is 0.200 e. The Hall–Kier alpha value is -3.46. The molecule has 0 saturated heterocycles. The van der Waals surface area contributed by atoms with Gasteiger partial charge in [0.05, 0.1) is 35.3 Å². The van der Waals surface area contributed by atoms with Gasteiger partial charge in [0, 0.05) is 11.4 Å². The Morgan fingerprint density at radius 2 is 0.875 bits per heavy atom. The van der Waals surface area contributed by atoms with Crippen LogP contribution >= 0.6 is 0 Å². The summed E-state index contributed by atoms with van der Waals surface area (Å²) in [6.45, 7) is -5.29. The quantitative estimate of drug-likeness (QED) is 0.0665. The van der Waals surface area contributed by atoms with Crippen molar-refractivity contribution in [2.75, 3.05) is 89.7 Å². The number of fused-ring (bicyclic) bond motifs is 2. The Kier molecular flexibility index (Phi) is 10.3. The second kappa shape index (κ2) is 13.3. The van der Waals surface area contributed by atoms with Crippen molar-refractivity contribution in [3.8, 4) is 11.5 Å². The first-order chi connectivity index (χ1) is 19.0. The minimum absolute atomic E-state index is 0.0486. The van der Waals surface area contributed by atoms with Crippen molar-refractivity contribution < 1.29 is 57.1 Å². The molecule has 2 aromatic rings. The lowest BCUT2D eigenvalue weighted by Gasteiger charge is -2.30. The van der Waals surface area contributed by atoms with Gasteiger partial charge >= 0.3 is 0 Å². The van der Waals surface area contributed by atoms with Crippen molar-refractivity contribution in [3.05, 3.63) is 46.5 Å². The second-order valence-corrected chi connectivity index (χ2v) is 9.56. The molecule has 2 aromatic carbocycles. The number of nitrogens with zero attached hydrogens (tertiary/aromatic N) is 2.